The Morgan fingerprint density at radius 1 is 0.463 bits per heavy atom. The lowest BCUT2D eigenvalue weighted by atomic mass is 10.1. The maximum atomic E-state index is 12.9. The van der Waals surface area contributed by atoms with E-state index in [1.54, 1.807) is 0 Å². The number of hydrogen-bond acceptors (Lipinski definition) is 7. The summed E-state index contributed by atoms with van der Waals surface area (Å²) in [6.45, 7) is 4.75. The number of rotatable bonds is 49. The van der Waals surface area contributed by atoms with Crippen molar-refractivity contribution in [3.05, 3.63) is 72.9 Å². The van der Waals surface area contributed by atoms with Gasteiger partial charge in [0.2, 0.25) is 0 Å². The van der Waals surface area contributed by atoms with Crippen molar-refractivity contribution in [1.29, 1.82) is 0 Å². The van der Waals surface area contributed by atoms with Gasteiger partial charge >= 0.3 is 17.9 Å². The van der Waals surface area contributed by atoms with E-state index in [-0.39, 0.29) is 32.2 Å². The molecule has 0 fully saturated rings. The zero-order valence-electron chi connectivity index (χ0n) is 43.8. The first-order valence-corrected chi connectivity index (χ1v) is 27.1. The SMILES string of the molecule is CC/C=C\C/C=C\C/C=C\C/C=C\C/C=C\CCCCCCCCCCCC(=O)OC(COC(=O)CCCCCCCCC/C=C\CCCCCCCC)COC(OCC[N+](C)(C)C)C(=O)O. The zero-order valence-corrected chi connectivity index (χ0v) is 43.8. The largest absolute Gasteiger partial charge is 0.477 e. The van der Waals surface area contributed by atoms with Gasteiger partial charge in [0, 0.05) is 12.8 Å². The topological polar surface area (TPSA) is 108 Å². The summed E-state index contributed by atoms with van der Waals surface area (Å²) in [5, 5.41) is 9.68. The molecule has 0 spiro atoms. The van der Waals surface area contributed by atoms with Gasteiger partial charge in [0.05, 0.1) is 34.4 Å². The molecule has 0 aliphatic carbocycles. The van der Waals surface area contributed by atoms with E-state index >= 15 is 0 Å². The number of nitrogens with zero attached hydrogens (tertiary/aromatic N) is 1. The van der Waals surface area contributed by atoms with Crippen molar-refractivity contribution in [3.63, 3.8) is 0 Å². The highest BCUT2D eigenvalue weighted by Gasteiger charge is 2.25. The maximum Gasteiger partial charge on any atom is 0.361 e. The maximum absolute atomic E-state index is 12.9. The number of esters is 2. The molecule has 2 atom stereocenters. The Balaban J connectivity index is 4.32. The van der Waals surface area contributed by atoms with Crippen molar-refractivity contribution >= 4 is 17.9 Å². The van der Waals surface area contributed by atoms with Gasteiger partial charge in [-0.15, -0.1) is 0 Å². The third-order valence-corrected chi connectivity index (χ3v) is 11.4. The first-order valence-electron chi connectivity index (χ1n) is 27.1. The molecule has 0 aliphatic rings. The van der Waals surface area contributed by atoms with Crippen molar-refractivity contribution in [2.24, 2.45) is 0 Å². The summed E-state index contributed by atoms with van der Waals surface area (Å²) in [6, 6.07) is 0. The third-order valence-electron chi connectivity index (χ3n) is 11.4. The van der Waals surface area contributed by atoms with Crippen LogP contribution < -0.4 is 0 Å². The smallest absolute Gasteiger partial charge is 0.361 e. The normalized spacial score (nSPS) is 13.4. The number of unbranched alkanes of at least 4 members (excludes halogenated alkanes) is 22. The number of carboxylic acid groups (broad SMARTS) is 1. The molecule has 9 heteroatoms. The lowest BCUT2D eigenvalue weighted by molar-refractivity contribution is -0.870. The van der Waals surface area contributed by atoms with E-state index in [0.29, 0.717) is 23.9 Å². The number of carbonyl (C=O) groups is 3. The van der Waals surface area contributed by atoms with Crippen LogP contribution in [0.5, 0.6) is 0 Å². The second kappa shape index (κ2) is 49.2. The summed E-state index contributed by atoms with van der Waals surface area (Å²) in [6.07, 6.45) is 59.6. The Bertz CT molecular complexity index is 1330. The van der Waals surface area contributed by atoms with E-state index in [1.165, 1.54) is 109 Å². The van der Waals surface area contributed by atoms with Gasteiger partial charge in [-0.1, -0.05) is 196 Å². The fourth-order valence-electron chi connectivity index (χ4n) is 7.27. The third kappa shape index (κ3) is 50.4. The summed E-state index contributed by atoms with van der Waals surface area (Å²) in [5.74, 6) is -2.02. The Hall–Kier alpha value is -3.27. The number of quaternary nitrogens is 1. The summed E-state index contributed by atoms with van der Waals surface area (Å²) in [7, 11) is 5.96. The minimum absolute atomic E-state index is 0.183. The van der Waals surface area contributed by atoms with Crippen molar-refractivity contribution in [2.75, 3.05) is 47.5 Å². The van der Waals surface area contributed by atoms with Gasteiger partial charge in [-0.25, -0.2) is 4.79 Å². The van der Waals surface area contributed by atoms with Crippen LogP contribution in [-0.4, -0.2) is 87.4 Å². The van der Waals surface area contributed by atoms with Gasteiger partial charge in [-0.3, -0.25) is 9.59 Å². The van der Waals surface area contributed by atoms with Crippen LogP contribution in [0, 0.1) is 0 Å². The molecule has 0 aliphatic heterocycles. The molecule has 0 radical (unpaired) electrons. The van der Waals surface area contributed by atoms with Crippen LogP contribution in [0.2, 0.25) is 0 Å². The van der Waals surface area contributed by atoms with E-state index in [9.17, 15) is 19.5 Å². The number of carbonyl (C=O) groups excluding carboxylic acids is 2. The molecule has 0 saturated heterocycles. The summed E-state index contributed by atoms with van der Waals surface area (Å²) in [5.41, 5.74) is 0. The van der Waals surface area contributed by atoms with Crippen LogP contribution >= 0.6 is 0 Å². The van der Waals surface area contributed by atoms with Crippen LogP contribution in [0.15, 0.2) is 72.9 Å². The van der Waals surface area contributed by atoms with E-state index in [4.69, 9.17) is 18.9 Å². The first kappa shape index (κ1) is 63.7. The first-order chi connectivity index (χ1) is 32.6. The molecule has 0 rings (SSSR count). The summed E-state index contributed by atoms with van der Waals surface area (Å²) >= 11 is 0. The second-order valence-corrected chi connectivity index (χ2v) is 19.2. The molecular weight excluding hydrogens is 839 g/mol. The average Bonchev–Trinajstić information content (AvgIpc) is 3.29. The molecule has 386 valence electrons. The van der Waals surface area contributed by atoms with Gasteiger partial charge in [0.1, 0.15) is 13.2 Å². The van der Waals surface area contributed by atoms with E-state index < -0.39 is 24.3 Å². The molecule has 0 bridgehead atoms. The average molecular weight is 941 g/mol. The number of aliphatic carboxylic acids is 1. The standard InChI is InChI=1S/C58H101NO8/c1-6-8-10-12-14-16-18-20-22-24-25-26-27-28-29-30-31-33-35-37-39-41-43-45-47-49-56(61)67-54(53-66-58(57(62)63)64-51-50-59(3,4)5)52-65-55(60)48-46-44-42-40-38-36-34-32-23-21-19-17-15-13-11-9-7-2/h8,10,14,16,20-23,25-26,28-29,54,58H,6-7,9,11-13,15,17-19,24,27,30-53H2,1-5H3/p+1/b10-8-,16-14-,22-20-,23-21-,26-25-,29-28-. The van der Waals surface area contributed by atoms with Gasteiger partial charge in [0.15, 0.2) is 6.10 Å². The van der Waals surface area contributed by atoms with Crippen molar-refractivity contribution in [2.45, 2.75) is 232 Å². The Morgan fingerprint density at radius 2 is 0.851 bits per heavy atom. The number of carboxylic acids is 1. The van der Waals surface area contributed by atoms with E-state index in [2.05, 4.69) is 86.8 Å². The number of likely N-dealkylation sites (N-methyl/N-ethyl adjacent to an activating group) is 1. The van der Waals surface area contributed by atoms with E-state index in [0.717, 1.165) is 77.0 Å². The van der Waals surface area contributed by atoms with Crippen LogP contribution in [0.4, 0.5) is 0 Å². The molecule has 0 saturated carbocycles. The Labute approximate surface area is 411 Å². The monoisotopic (exact) mass is 941 g/mol. The zero-order chi connectivity index (χ0) is 49.2. The second-order valence-electron chi connectivity index (χ2n) is 19.2. The molecule has 0 heterocycles. The van der Waals surface area contributed by atoms with E-state index in [1.807, 2.05) is 21.1 Å². The lowest BCUT2D eigenvalue weighted by Gasteiger charge is -2.25. The Kier molecular flexibility index (Phi) is 46.8. The van der Waals surface area contributed by atoms with Gasteiger partial charge in [-0.2, -0.15) is 0 Å². The fraction of sp³-hybridized carbons (Fsp3) is 0.741. The van der Waals surface area contributed by atoms with Crippen LogP contribution in [0.25, 0.3) is 0 Å². The fourth-order valence-corrected chi connectivity index (χ4v) is 7.27. The molecule has 2 unspecified atom stereocenters. The van der Waals surface area contributed by atoms with Crippen molar-refractivity contribution in [3.8, 4) is 0 Å². The van der Waals surface area contributed by atoms with Gasteiger partial charge < -0.3 is 28.5 Å². The minimum Gasteiger partial charge on any atom is -0.477 e. The molecule has 0 aromatic carbocycles. The van der Waals surface area contributed by atoms with Crippen molar-refractivity contribution < 1.29 is 42.9 Å². The molecule has 0 aromatic rings. The van der Waals surface area contributed by atoms with Crippen LogP contribution in [0.3, 0.4) is 0 Å². The quantitative estimate of drug-likeness (QED) is 0.0211. The minimum atomic E-state index is -1.52. The highest BCUT2D eigenvalue weighted by Crippen LogP contribution is 2.15. The number of hydrogen-bond donors (Lipinski definition) is 1. The lowest BCUT2D eigenvalue weighted by Crippen LogP contribution is -2.40. The van der Waals surface area contributed by atoms with Gasteiger partial charge in [-0.05, 0) is 83.5 Å². The Morgan fingerprint density at radius 3 is 1.28 bits per heavy atom. The predicted octanol–water partition coefficient (Wildman–Crippen LogP) is 15.5. The molecule has 0 amide bonds. The molecular formula is C58H102NO8+. The van der Waals surface area contributed by atoms with Crippen molar-refractivity contribution in [1.82, 2.24) is 0 Å². The molecule has 67 heavy (non-hydrogen) atoms. The highest BCUT2D eigenvalue weighted by atomic mass is 16.7. The van der Waals surface area contributed by atoms with Crippen LogP contribution in [-0.2, 0) is 33.3 Å². The van der Waals surface area contributed by atoms with Gasteiger partial charge in [0.25, 0.3) is 6.29 Å². The molecule has 9 nitrogen and oxygen atoms in total. The molecule has 0 aromatic heterocycles. The predicted molar refractivity (Wildman–Crippen MR) is 281 cm³/mol. The molecule has 1 N–H and O–H groups in total. The number of ether oxygens (including phenoxy) is 4. The summed E-state index contributed by atoms with van der Waals surface area (Å²) < 4.78 is 22.8. The number of allylic oxidation sites excluding steroid dienone is 12. The highest BCUT2D eigenvalue weighted by molar-refractivity contribution is 5.71. The van der Waals surface area contributed by atoms with Crippen LogP contribution in [0.1, 0.15) is 219 Å². The summed E-state index contributed by atoms with van der Waals surface area (Å²) in [4.78, 5) is 37.3.